The average Bonchev–Trinajstić information content (AvgIpc) is 3.27. The van der Waals surface area contributed by atoms with Gasteiger partial charge >= 0.3 is 0 Å². The minimum atomic E-state index is -0.201. The van der Waals surface area contributed by atoms with E-state index in [-0.39, 0.29) is 11.3 Å². The number of rotatable bonds is 6. The predicted octanol–water partition coefficient (Wildman–Crippen LogP) is 3.65. The van der Waals surface area contributed by atoms with Gasteiger partial charge in [0.05, 0.1) is 12.7 Å². The summed E-state index contributed by atoms with van der Waals surface area (Å²) >= 11 is 1.43. The van der Waals surface area contributed by atoms with Gasteiger partial charge in [-0.1, -0.05) is 32.9 Å². The Balaban J connectivity index is 1.47. The summed E-state index contributed by atoms with van der Waals surface area (Å²) < 4.78 is 7.40. The Hall–Kier alpha value is -2.67. The zero-order valence-corrected chi connectivity index (χ0v) is 16.8. The van der Waals surface area contributed by atoms with Gasteiger partial charge in [0.15, 0.2) is 0 Å². The van der Waals surface area contributed by atoms with Crippen molar-refractivity contribution in [3.63, 3.8) is 0 Å². The van der Waals surface area contributed by atoms with Crippen molar-refractivity contribution in [3.8, 4) is 16.3 Å². The minimum absolute atomic E-state index is 0.120. The third-order valence-electron chi connectivity index (χ3n) is 4.07. The molecule has 0 bridgehead atoms. The van der Waals surface area contributed by atoms with E-state index in [0.29, 0.717) is 18.8 Å². The molecule has 0 spiro atoms. The Morgan fingerprint density at radius 1 is 1.26 bits per heavy atom. The standard InChI is InChI=1S/C20H24N4O2S/c1-20(2,3)15-5-7-16(8-6-15)26-10-9-21-18(25)17-13-27-19(23-17)14-11-22-24(4)12-14/h5-8,11-13H,9-10H2,1-4H3,(H,21,25). The molecule has 142 valence electrons. The monoisotopic (exact) mass is 384 g/mol. The van der Waals surface area contributed by atoms with Crippen molar-refractivity contribution in [2.24, 2.45) is 7.05 Å². The average molecular weight is 385 g/mol. The molecule has 3 aromatic rings. The van der Waals surface area contributed by atoms with E-state index in [2.05, 4.69) is 48.3 Å². The molecule has 3 rings (SSSR count). The summed E-state index contributed by atoms with van der Waals surface area (Å²) in [4.78, 5) is 16.6. The van der Waals surface area contributed by atoms with Crippen LogP contribution < -0.4 is 10.1 Å². The molecule has 2 aromatic heterocycles. The number of nitrogens with zero attached hydrogens (tertiary/aromatic N) is 3. The Bertz CT molecular complexity index is 907. The second kappa shape index (κ2) is 7.92. The van der Waals surface area contributed by atoms with Crippen LogP contribution in [0.4, 0.5) is 0 Å². The van der Waals surface area contributed by atoms with E-state index in [9.17, 15) is 4.79 Å². The molecule has 0 radical (unpaired) electrons. The molecule has 0 aliphatic rings. The van der Waals surface area contributed by atoms with Crippen molar-refractivity contribution in [1.29, 1.82) is 0 Å². The second-order valence-corrected chi connectivity index (χ2v) is 8.18. The topological polar surface area (TPSA) is 69.0 Å². The summed E-state index contributed by atoms with van der Waals surface area (Å²) in [6.07, 6.45) is 3.61. The summed E-state index contributed by atoms with van der Waals surface area (Å²) in [6.45, 7) is 7.35. The van der Waals surface area contributed by atoms with Crippen LogP contribution in [0.25, 0.3) is 10.6 Å². The normalized spacial score (nSPS) is 11.4. The molecule has 0 unspecified atom stereocenters. The molecule has 7 heteroatoms. The number of benzene rings is 1. The maximum atomic E-state index is 12.2. The first-order valence-corrected chi connectivity index (χ1v) is 9.67. The number of aryl methyl sites for hydroxylation is 1. The summed E-state index contributed by atoms with van der Waals surface area (Å²) in [7, 11) is 1.85. The van der Waals surface area contributed by atoms with Gasteiger partial charge < -0.3 is 10.1 Å². The fraction of sp³-hybridized carbons (Fsp3) is 0.350. The minimum Gasteiger partial charge on any atom is -0.492 e. The fourth-order valence-corrected chi connectivity index (χ4v) is 3.29. The van der Waals surface area contributed by atoms with Gasteiger partial charge in [0.25, 0.3) is 5.91 Å². The van der Waals surface area contributed by atoms with Crippen molar-refractivity contribution in [3.05, 3.63) is 53.3 Å². The Morgan fingerprint density at radius 2 is 2.00 bits per heavy atom. The van der Waals surface area contributed by atoms with Crippen LogP contribution in [0.3, 0.4) is 0 Å². The van der Waals surface area contributed by atoms with Crippen molar-refractivity contribution in [1.82, 2.24) is 20.1 Å². The first-order valence-electron chi connectivity index (χ1n) is 8.79. The SMILES string of the molecule is Cn1cc(-c2nc(C(=O)NCCOc3ccc(C(C)(C)C)cc3)cs2)cn1. The van der Waals surface area contributed by atoms with Gasteiger partial charge in [-0.3, -0.25) is 9.48 Å². The van der Waals surface area contributed by atoms with Gasteiger partial charge in [-0.25, -0.2) is 4.98 Å². The first kappa shape index (κ1) is 19.1. The maximum absolute atomic E-state index is 12.2. The van der Waals surface area contributed by atoms with E-state index in [0.717, 1.165) is 16.3 Å². The summed E-state index contributed by atoms with van der Waals surface area (Å²) in [5, 5.41) is 9.49. The zero-order valence-electron chi connectivity index (χ0n) is 16.0. The van der Waals surface area contributed by atoms with Crippen LogP contribution in [0.15, 0.2) is 42.0 Å². The molecule has 27 heavy (non-hydrogen) atoms. The molecule has 2 heterocycles. The van der Waals surface area contributed by atoms with E-state index in [4.69, 9.17) is 4.74 Å². The smallest absolute Gasteiger partial charge is 0.270 e. The third-order valence-corrected chi connectivity index (χ3v) is 4.96. The number of hydrogen-bond donors (Lipinski definition) is 1. The number of carbonyl (C=O) groups is 1. The van der Waals surface area contributed by atoms with E-state index in [1.165, 1.54) is 16.9 Å². The number of hydrogen-bond acceptors (Lipinski definition) is 5. The molecule has 1 aromatic carbocycles. The highest BCUT2D eigenvalue weighted by molar-refractivity contribution is 7.13. The molecule has 6 nitrogen and oxygen atoms in total. The Kier molecular flexibility index (Phi) is 5.60. The summed E-state index contributed by atoms with van der Waals surface area (Å²) in [5.74, 6) is 0.595. The largest absolute Gasteiger partial charge is 0.492 e. The van der Waals surface area contributed by atoms with Crippen LogP contribution >= 0.6 is 11.3 Å². The predicted molar refractivity (Wildman–Crippen MR) is 107 cm³/mol. The lowest BCUT2D eigenvalue weighted by Crippen LogP contribution is -2.28. The third kappa shape index (κ3) is 4.95. The van der Waals surface area contributed by atoms with Gasteiger partial charge in [-0.15, -0.1) is 11.3 Å². The van der Waals surface area contributed by atoms with Crippen LogP contribution in [0, 0.1) is 0 Å². The van der Waals surface area contributed by atoms with Crippen LogP contribution in [-0.4, -0.2) is 33.8 Å². The molecule has 0 saturated heterocycles. The highest BCUT2D eigenvalue weighted by Gasteiger charge is 2.14. The molecule has 0 saturated carbocycles. The number of thiazole rings is 1. The van der Waals surface area contributed by atoms with E-state index in [1.54, 1.807) is 16.3 Å². The summed E-state index contributed by atoms with van der Waals surface area (Å²) in [5.41, 5.74) is 2.70. The second-order valence-electron chi connectivity index (χ2n) is 7.32. The number of nitrogens with one attached hydrogen (secondary N) is 1. The Labute approximate surface area is 163 Å². The zero-order chi connectivity index (χ0) is 19.4. The Morgan fingerprint density at radius 3 is 2.63 bits per heavy atom. The number of carbonyl (C=O) groups excluding carboxylic acids is 1. The van der Waals surface area contributed by atoms with E-state index < -0.39 is 0 Å². The maximum Gasteiger partial charge on any atom is 0.270 e. The molecule has 0 atom stereocenters. The quantitative estimate of drug-likeness (QED) is 0.659. The molecule has 1 amide bonds. The molecular weight excluding hydrogens is 360 g/mol. The fourth-order valence-electron chi connectivity index (χ4n) is 2.52. The summed E-state index contributed by atoms with van der Waals surface area (Å²) in [6, 6.07) is 8.07. The lowest BCUT2D eigenvalue weighted by atomic mass is 9.87. The molecule has 0 fully saturated rings. The molecular formula is C20H24N4O2S. The first-order chi connectivity index (χ1) is 12.8. The van der Waals surface area contributed by atoms with Gasteiger partial charge in [0, 0.05) is 24.2 Å². The van der Waals surface area contributed by atoms with Gasteiger partial charge in [0.1, 0.15) is 23.1 Å². The highest BCUT2D eigenvalue weighted by atomic mass is 32.1. The highest BCUT2D eigenvalue weighted by Crippen LogP contribution is 2.24. The lowest BCUT2D eigenvalue weighted by Gasteiger charge is -2.19. The van der Waals surface area contributed by atoms with Gasteiger partial charge in [0.2, 0.25) is 0 Å². The van der Waals surface area contributed by atoms with Crippen LogP contribution in [0.2, 0.25) is 0 Å². The number of amides is 1. The number of aromatic nitrogens is 3. The van der Waals surface area contributed by atoms with Crippen LogP contribution in [0.1, 0.15) is 36.8 Å². The van der Waals surface area contributed by atoms with Crippen molar-refractivity contribution in [2.45, 2.75) is 26.2 Å². The van der Waals surface area contributed by atoms with Crippen LogP contribution in [-0.2, 0) is 12.5 Å². The van der Waals surface area contributed by atoms with E-state index in [1.807, 2.05) is 25.4 Å². The molecule has 0 aliphatic heterocycles. The lowest BCUT2D eigenvalue weighted by molar-refractivity contribution is 0.0943. The molecule has 1 N–H and O–H groups in total. The van der Waals surface area contributed by atoms with Crippen LogP contribution in [0.5, 0.6) is 5.75 Å². The molecule has 0 aliphatic carbocycles. The van der Waals surface area contributed by atoms with Crippen molar-refractivity contribution in [2.75, 3.05) is 13.2 Å². The number of ether oxygens (including phenoxy) is 1. The van der Waals surface area contributed by atoms with Gasteiger partial charge in [-0.05, 0) is 23.1 Å². The van der Waals surface area contributed by atoms with Crippen molar-refractivity contribution < 1.29 is 9.53 Å². The van der Waals surface area contributed by atoms with Gasteiger partial charge in [-0.2, -0.15) is 5.10 Å². The van der Waals surface area contributed by atoms with Crippen molar-refractivity contribution >= 4 is 17.2 Å². The van der Waals surface area contributed by atoms with E-state index >= 15 is 0 Å².